The Morgan fingerprint density at radius 1 is 0.773 bits per heavy atom. The minimum Gasteiger partial charge on any atom is -0.457 e. The van der Waals surface area contributed by atoms with Crippen molar-refractivity contribution in [3.8, 4) is 11.5 Å². The topological polar surface area (TPSA) is 96.0 Å². The zero-order chi connectivity index (χ0) is 31.9. The number of carbonyl (C=O) groups is 2. The lowest BCUT2D eigenvalue weighted by atomic mass is 10.1. The molecule has 0 radical (unpaired) electrons. The molecule has 0 aromatic heterocycles. The number of carbonyl (C=O) groups excluding carboxylic acids is 2. The monoisotopic (exact) mass is 653 g/mol. The molecule has 4 aromatic rings. The van der Waals surface area contributed by atoms with Crippen LogP contribution in [0.5, 0.6) is 11.5 Å². The molecule has 4 aromatic carbocycles. The van der Waals surface area contributed by atoms with Gasteiger partial charge in [-0.25, -0.2) is 8.42 Å². The maximum absolute atomic E-state index is 14.1. The number of ether oxygens (including phenoxy) is 1. The molecule has 44 heavy (non-hydrogen) atoms. The number of benzene rings is 4. The first-order valence-electron chi connectivity index (χ1n) is 13.9. The van der Waals surface area contributed by atoms with Crippen molar-refractivity contribution >= 4 is 50.7 Å². The standard InChI is InChI=1S/C33H33Cl2N3O5S/c1-23(2)36-33(40)24(3)37(21-29-30(34)15-10-16-31(29)35)32(39)22-38(44(41,42)28-13-8-5-9-14-28)25-17-19-27(20-18-25)43-26-11-6-4-7-12-26/h4-20,23-24H,21-22H2,1-3H3,(H,36,40)/t24-/m0/s1. The van der Waals surface area contributed by atoms with Crippen molar-refractivity contribution in [2.45, 2.75) is 44.3 Å². The molecular weight excluding hydrogens is 621 g/mol. The van der Waals surface area contributed by atoms with Crippen LogP contribution in [-0.2, 0) is 26.2 Å². The normalized spacial score (nSPS) is 12.0. The first kappa shape index (κ1) is 32.9. The van der Waals surface area contributed by atoms with Gasteiger partial charge in [0.15, 0.2) is 0 Å². The summed E-state index contributed by atoms with van der Waals surface area (Å²) in [6.45, 7) is 4.47. The molecule has 0 bridgehead atoms. The van der Waals surface area contributed by atoms with E-state index in [1.165, 1.54) is 17.0 Å². The second kappa shape index (κ2) is 14.6. The van der Waals surface area contributed by atoms with E-state index in [1.54, 1.807) is 93.6 Å². The van der Waals surface area contributed by atoms with Gasteiger partial charge in [0.2, 0.25) is 11.8 Å². The van der Waals surface area contributed by atoms with E-state index < -0.39 is 34.4 Å². The molecule has 0 aliphatic rings. The Balaban J connectivity index is 1.72. The van der Waals surface area contributed by atoms with Gasteiger partial charge in [-0.1, -0.05) is 65.7 Å². The van der Waals surface area contributed by atoms with Crippen molar-refractivity contribution in [2.75, 3.05) is 10.8 Å². The fourth-order valence-corrected chi connectivity index (χ4v) is 6.35. The number of sulfonamides is 1. The van der Waals surface area contributed by atoms with Gasteiger partial charge in [-0.2, -0.15) is 0 Å². The number of hydrogen-bond donors (Lipinski definition) is 1. The number of halogens is 2. The van der Waals surface area contributed by atoms with Crippen LogP contribution in [0.1, 0.15) is 26.3 Å². The second-order valence-electron chi connectivity index (χ2n) is 10.3. The minimum atomic E-state index is -4.22. The van der Waals surface area contributed by atoms with E-state index in [-0.39, 0.29) is 23.2 Å². The molecule has 11 heteroatoms. The number of nitrogens with one attached hydrogen (secondary N) is 1. The number of hydrogen-bond acceptors (Lipinski definition) is 5. The molecular formula is C33H33Cl2N3O5S. The average Bonchev–Trinajstić information content (AvgIpc) is 3.00. The third-order valence-corrected chi connectivity index (χ3v) is 9.20. The summed E-state index contributed by atoms with van der Waals surface area (Å²) in [6.07, 6.45) is 0. The van der Waals surface area contributed by atoms with Crippen molar-refractivity contribution in [3.63, 3.8) is 0 Å². The largest absolute Gasteiger partial charge is 0.457 e. The van der Waals surface area contributed by atoms with Crippen molar-refractivity contribution in [2.24, 2.45) is 0 Å². The summed E-state index contributed by atoms with van der Waals surface area (Å²) < 4.78 is 34.9. The van der Waals surface area contributed by atoms with Crippen LogP contribution in [0, 0.1) is 0 Å². The van der Waals surface area contributed by atoms with Crippen molar-refractivity contribution in [3.05, 3.63) is 119 Å². The molecule has 0 aliphatic carbocycles. The van der Waals surface area contributed by atoms with Crippen molar-refractivity contribution in [1.82, 2.24) is 10.2 Å². The first-order valence-corrected chi connectivity index (χ1v) is 16.1. The van der Waals surface area contributed by atoms with Gasteiger partial charge in [-0.05, 0) is 81.4 Å². The summed E-state index contributed by atoms with van der Waals surface area (Å²) in [5.41, 5.74) is 0.672. The maximum atomic E-state index is 14.1. The summed E-state index contributed by atoms with van der Waals surface area (Å²) in [4.78, 5) is 28.5. The molecule has 8 nitrogen and oxygen atoms in total. The van der Waals surface area contributed by atoms with E-state index in [2.05, 4.69) is 5.32 Å². The van der Waals surface area contributed by atoms with Crippen LogP contribution in [0.2, 0.25) is 10.0 Å². The Labute approximate surface area is 268 Å². The van der Waals surface area contributed by atoms with Crippen molar-refractivity contribution in [1.29, 1.82) is 0 Å². The van der Waals surface area contributed by atoms with E-state index in [0.29, 0.717) is 27.1 Å². The van der Waals surface area contributed by atoms with Gasteiger partial charge in [0.05, 0.1) is 10.6 Å². The third kappa shape index (κ3) is 8.11. The molecule has 2 amide bonds. The lowest BCUT2D eigenvalue weighted by Crippen LogP contribution is -2.52. The molecule has 1 N–H and O–H groups in total. The highest BCUT2D eigenvalue weighted by molar-refractivity contribution is 7.92. The summed E-state index contributed by atoms with van der Waals surface area (Å²) in [5.74, 6) is 0.0666. The fraction of sp³-hybridized carbons (Fsp3) is 0.212. The number of rotatable bonds is 12. The quantitative estimate of drug-likeness (QED) is 0.179. The van der Waals surface area contributed by atoms with Gasteiger partial charge in [0, 0.05) is 28.2 Å². The van der Waals surface area contributed by atoms with Crippen molar-refractivity contribution < 1.29 is 22.7 Å². The van der Waals surface area contributed by atoms with Gasteiger partial charge >= 0.3 is 0 Å². The van der Waals surface area contributed by atoms with Crippen LogP contribution >= 0.6 is 23.2 Å². The number of anilines is 1. The Bertz CT molecular complexity index is 1670. The molecule has 0 heterocycles. The maximum Gasteiger partial charge on any atom is 0.264 e. The lowest BCUT2D eigenvalue weighted by molar-refractivity contribution is -0.139. The van der Waals surface area contributed by atoms with E-state index in [9.17, 15) is 18.0 Å². The SMILES string of the molecule is CC(C)NC(=O)[C@H](C)N(Cc1c(Cl)cccc1Cl)C(=O)CN(c1ccc(Oc2ccccc2)cc1)S(=O)(=O)c1ccccc1. The number of nitrogens with zero attached hydrogens (tertiary/aromatic N) is 2. The van der Waals surface area contributed by atoms with Crippen LogP contribution in [0.3, 0.4) is 0 Å². The Morgan fingerprint density at radius 3 is 1.89 bits per heavy atom. The highest BCUT2D eigenvalue weighted by atomic mass is 35.5. The second-order valence-corrected chi connectivity index (χ2v) is 13.0. The summed E-state index contributed by atoms with van der Waals surface area (Å²) in [6, 6.07) is 27.2. The Kier molecular flexibility index (Phi) is 10.9. The molecule has 0 saturated carbocycles. The van der Waals surface area contributed by atoms with Gasteiger partial charge in [0.25, 0.3) is 10.0 Å². The van der Waals surface area contributed by atoms with E-state index >= 15 is 0 Å². The van der Waals surface area contributed by atoms with Crippen LogP contribution in [0.4, 0.5) is 5.69 Å². The minimum absolute atomic E-state index is 0.00343. The predicted molar refractivity (Wildman–Crippen MR) is 174 cm³/mol. The van der Waals surface area contributed by atoms with Gasteiger partial charge < -0.3 is 15.0 Å². The van der Waals surface area contributed by atoms with Crippen LogP contribution in [-0.4, -0.2) is 43.8 Å². The lowest BCUT2D eigenvalue weighted by Gasteiger charge is -2.32. The van der Waals surface area contributed by atoms with Gasteiger partial charge in [0.1, 0.15) is 24.1 Å². The fourth-order valence-electron chi connectivity index (χ4n) is 4.39. The summed E-state index contributed by atoms with van der Waals surface area (Å²) >= 11 is 12.9. The molecule has 1 atom stereocenters. The third-order valence-electron chi connectivity index (χ3n) is 6.70. The first-order chi connectivity index (χ1) is 21.0. The van der Waals surface area contributed by atoms with Crippen LogP contribution < -0.4 is 14.4 Å². The highest BCUT2D eigenvalue weighted by Crippen LogP contribution is 2.30. The van der Waals surface area contributed by atoms with Gasteiger partial charge in [-0.3, -0.25) is 13.9 Å². The van der Waals surface area contributed by atoms with Gasteiger partial charge in [-0.15, -0.1) is 0 Å². The van der Waals surface area contributed by atoms with E-state index in [0.717, 1.165) is 4.31 Å². The Hall–Kier alpha value is -4.05. The highest BCUT2D eigenvalue weighted by Gasteiger charge is 2.33. The molecule has 0 saturated heterocycles. The molecule has 0 unspecified atom stereocenters. The average molecular weight is 655 g/mol. The smallest absolute Gasteiger partial charge is 0.264 e. The summed E-state index contributed by atoms with van der Waals surface area (Å²) in [5, 5.41) is 3.44. The van der Waals surface area contributed by atoms with E-state index in [1.807, 2.05) is 18.2 Å². The predicted octanol–water partition coefficient (Wildman–Crippen LogP) is 6.92. The zero-order valence-corrected chi connectivity index (χ0v) is 26.8. The zero-order valence-electron chi connectivity index (χ0n) is 24.5. The Morgan fingerprint density at radius 2 is 1.32 bits per heavy atom. The number of para-hydroxylation sites is 1. The molecule has 0 fully saturated rings. The van der Waals surface area contributed by atoms with Crippen LogP contribution in [0.25, 0.3) is 0 Å². The molecule has 4 rings (SSSR count). The summed E-state index contributed by atoms with van der Waals surface area (Å²) in [7, 11) is -4.22. The molecule has 0 spiro atoms. The van der Waals surface area contributed by atoms with E-state index in [4.69, 9.17) is 27.9 Å². The molecule has 230 valence electrons. The molecule has 0 aliphatic heterocycles. The number of amides is 2. The van der Waals surface area contributed by atoms with Crippen LogP contribution in [0.15, 0.2) is 108 Å².